The van der Waals surface area contributed by atoms with Crippen LogP contribution in [0.1, 0.15) is 11.1 Å². The van der Waals surface area contributed by atoms with Crippen molar-refractivity contribution in [1.82, 2.24) is 19.7 Å². The van der Waals surface area contributed by atoms with Crippen LogP contribution in [0.5, 0.6) is 0 Å². The lowest BCUT2D eigenvalue weighted by Gasteiger charge is -2.26. The van der Waals surface area contributed by atoms with Crippen molar-refractivity contribution in [2.75, 3.05) is 18.0 Å². The zero-order valence-electron chi connectivity index (χ0n) is 15.4. The van der Waals surface area contributed by atoms with E-state index in [0.717, 1.165) is 16.1 Å². The number of para-hydroxylation sites is 1. The van der Waals surface area contributed by atoms with Crippen LogP contribution in [0.25, 0.3) is 5.69 Å². The van der Waals surface area contributed by atoms with Gasteiger partial charge in [0.05, 0.1) is 12.2 Å². The summed E-state index contributed by atoms with van der Waals surface area (Å²) in [6.07, 6.45) is 0. The number of hydrogen-bond acceptors (Lipinski definition) is 5. The highest BCUT2D eigenvalue weighted by Gasteiger charge is 2.34. The topological polar surface area (TPSA) is 84.5 Å². The van der Waals surface area contributed by atoms with Crippen LogP contribution in [-0.2, 0) is 17.9 Å². The molecule has 2 aliphatic rings. The van der Waals surface area contributed by atoms with Crippen molar-refractivity contribution in [2.45, 2.75) is 13.1 Å². The van der Waals surface area contributed by atoms with Crippen molar-refractivity contribution in [3.8, 4) is 5.69 Å². The minimum Gasteiger partial charge on any atom is -0.350 e. The quantitative estimate of drug-likeness (QED) is 0.720. The van der Waals surface area contributed by atoms with E-state index in [0.29, 0.717) is 30.3 Å². The zero-order valence-corrected chi connectivity index (χ0v) is 15.4. The van der Waals surface area contributed by atoms with Crippen molar-refractivity contribution in [3.63, 3.8) is 0 Å². The highest BCUT2D eigenvalue weighted by Crippen LogP contribution is 2.29. The van der Waals surface area contributed by atoms with Crippen LogP contribution < -0.4 is 15.9 Å². The van der Waals surface area contributed by atoms with Crippen LogP contribution in [0.3, 0.4) is 0 Å². The largest absolute Gasteiger partial charge is 0.352 e. The number of rotatable bonds is 4. The number of benzene rings is 2. The summed E-state index contributed by atoms with van der Waals surface area (Å²) in [5, 5.41) is 7.02. The van der Waals surface area contributed by atoms with Gasteiger partial charge in [-0.25, -0.2) is 18.4 Å². The molecule has 8 nitrogen and oxygen atoms in total. The number of anilines is 1. The number of nitrogens with one attached hydrogen (secondary N) is 1. The molecule has 0 atom stereocenters. The maximum Gasteiger partial charge on any atom is 0.352 e. The first-order valence-corrected chi connectivity index (χ1v) is 9.25. The smallest absolute Gasteiger partial charge is 0.350 e. The monoisotopic (exact) mass is 392 g/mol. The molecule has 0 radical (unpaired) electrons. The Kier molecular flexibility index (Phi) is 4.01. The summed E-state index contributed by atoms with van der Waals surface area (Å²) < 4.78 is 16.3. The third kappa shape index (κ3) is 2.82. The molecule has 9 heteroatoms. The molecule has 1 amide bonds. The Morgan fingerprint density at radius 2 is 1.93 bits per heavy atom. The number of carbonyl (C=O) groups excluding carboxylic acids is 1. The lowest BCUT2D eigenvalue weighted by molar-refractivity contribution is -0.122. The molecule has 0 aliphatic carbocycles. The second-order valence-corrected chi connectivity index (χ2v) is 6.82. The average molecular weight is 392 g/mol. The number of fused-ring (bicyclic) bond motifs is 6. The van der Waals surface area contributed by atoms with Crippen molar-refractivity contribution in [3.05, 3.63) is 76.0 Å². The van der Waals surface area contributed by atoms with Gasteiger partial charge in [0.1, 0.15) is 18.2 Å². The summed E-state index contributed by atoms with van der Waals surface area (Å²) in [7, 11) is 0. The summed E-state index contributed by atoms with van der Waals surface area (Å²) in [6, 6.07) is 13.7. The normalized spacial score (nSPS) is 14.1. The van der Waals surface area contributed by atoms with Crippen molar-refractivity contribution < 1.29 is 9.18 Å². The lowest BCUT2D eigenvalue weighted by atomic mass is 10.1. The highest BCUT2D eigenvalue weighted by atomic mass is 19.1. The predicted molar refractivity (Wildman–Crippen MR) is 105 cm³/mol. The van der Waals surface area contributed by atoms with Gasteiger partial charge in [0, 0.05) is 24.2 Å². The summed E-state index contributed by atoms with van der Waals surface area (Å²) in [5.74, 6) is 0.426. The van der Waals surface area contributed by atoms with Crippen LogP contribution in [0.15, 0.2) is 58.3 Å². The fourth-order valence-corrected chi connectivity index (χ4v) is 3.64. The number of carbonyl (C=O) groups is 1. The van der Waals surface area contributed by atoms with Gasteiger partial charge in [-0.15, -0.1) is 5.10 Å². The lowest BCUT2D eigenvalue weighted by Crippen LogP contribution is -2.37. The first-order chi connectivity index (χ1) is 14.1. The fraction of sp³-hybridized carbons (Fsp3) is 0.200. The average Bonchev–Trinajstić information content (AvgIpc) is 3.33. The Hall–Kier alpha value is -3.75. The molecular formula is C20H17FN6O2. The Labute approximate surface area is 164 Å². The van der Waals surface area contributed by atoms with E-state index in [9.17, 15) is 14.0 Å². The first-order valence-electron chi connectivity index (χ1n) is 9.25. The number of nitrogens with zero attached hydrogens (tertiary/aromatic N) is 5. The third-order valence-electron chi connectivity index (χ3n) is 5.02. The van der Waals surface area contributed by atoms with Crippen molar-refractivity contribution >= 4 is 17.7 Å². The van der Waals surface area contributed by atoms with Crippen LogP contribution >= 0.6 is 0 Å². The Bertz CT molecular complexity index is 1210. The summed E-state index contributed by atoms with van der Waals surface area (Å²) in [4.78, 5) is 31.8. The van der Waals surface area contributed by atoms with Gasteiger partial charge in [-0.05, 0) is 18.2 Å². The van der Waals surface area contributed by atoms with Gasteiger partial charge < -0.3 is 5.32 Å². The number of aliphatic imine (C=N–C) groups is 1. The molecule has 2 aromatic carbocycles. The van der Waals surface area contributed by atoms with E-state index in [1.807, 2.05) is 29.2 Å². The van der Waals surface area contributed by atoms with Gasteiger partial charge in [-0.3, -0.25) is 14.7 Å². The standard InChI is InChI=1S/C20H17FN6O2/c21-15-7-3-1-5-13(15)11-23-17(28)12-26-20(29)27-16-8-4-2-6-14(16)18-22-9-10-25(18)19(27)24-26/h1-8H,9-12H2,(H,23,28). The number of amidine groups is 1. The molecule has 0 unspecified atom stereocenters. The Morgan fingerprint density at radius 3 is 2.79 bits per heavy atom. The zero-order chi connectivity index (χ0) is 20.0. The summed E-state index contributed by atoms with van der Waals surface area (Å²) in [6.45, 7) is 1.03. The summed E-state index contributed by atoms with van der Waals surface area (Å²) in [5.41, 5.74) is 1.54. The van der Waals surface area contributed by atoms with E-state index in [4.69, 9.17) is 0 Å². The molecule has 0 fully saturated rings. The molecule has 2 aliphatic heterocycles. The minimum absolute atomic E-state index is 0.0413. The summed E-state index contributed by atoms with van der Waals surface area (Å²) >= 11 is 0. The van der Waals surface area contributed by atoms with Crippen molar-refractivity contribution in [2.24, 2.45) is 4.99 Å². The van der Waals surface area contributed by atoms with Crippen LogP contribution in [-0.4, -0.2) is 39.2 Å². The molecule has 29 heavy (non-hydrogen) atoms. The van der Waals surface area contributed by atoms with Gasteiger partial charge in [0.15, 0.2) is 0 Å². The van der Waals surface area contributed by atoms with Gasteiger partial charge >= 0.3 is 5.69 Å². The molecule has 0 bridgehead atoms. The third-order valence-corrected chi connectivity index (χ3v) is 5.02. The fourth-order valence-electron chi connectivity index (χ4n) is 3.64. The van der Waals surface area contributed by atoms with Gasteiger partial charge in [0.2, 0.25) is 11.9 Å². The first kappa shape index (κ1) is 17.4. The van der Waals surface area contributed by atoms with E-state index in [-0.39, 0.29) is 18.9 Å². The van der Waals surface area contributed by atoms with Gasteiger partial charge in [0.25, 0.3) is 0 Å². The minimum atomic E-state index is -0.422. The molecule has 5 rings (SSSR count). The van der Waals surface area contributed by atoms with Crippen LogP contribution in [0.2, 0.25) is 0 Å². The van der Waals surface area contributed by atoms with Gasteiger partial charge in [-0.1, -0.05) is 30.3 Å². The molecular weight excluding hydrogens is 375 g/mol. The van der Waals surface area contributed by atoms with E-state index >= 15 is 0 Å². The Morgan fingerprint density at radius 1 is 1.14 bits per heavy atom. The molecule has 3 aromatic rings. The van der Waals surface area contributed by atoms with E-state index in [1.165, 1.54) is 10.6 Å². The second kappa shape index (κ2) is 6.69. The highest BCUT2D eigenvalue weighted by molar-refractivity contribution is 6.14. The maximum absolute atomic E-state index is 13.7. The molecule has 146 valence electrons. The molecule has 3 heterocycles. The SMILES string of the molecule is O=C(Cn1nc2n(c1=O)-c1ccccc1C1=NCCN12)NCc1ccccc1F. The Balaban J connectivity index is 1.43. The molecule has 0 spiro atoms. The van der Waals surface area contributed by atoms with E-state index in [1.54, 1.807) is 18.2 Å². The molecule has 1 aromatic heterocycles. The number of amides is 1. The molecule has 0 saturated heterocycles. The van der Waals surface area contributed by atoms with Crippen molar-refractivity contribution in [1.29, 1.82) is 0 Å². The predicted octanol–water partition coefficient (Wildman–Crippen LogP) is 1.07. The molecule has 0 saturated carbocycles. The maximum atomic E-state index is 13.7. The number of aromatic nitrogens is 3. The van der Waals surface area contributed by atoms with E-state index in [2.05, 4.69) is 15.4 Å². The van der Waals surface area contributed by atoms with Gasteiger partial charge in [-0.2, -0.15) is 0 Å². The number of halogens is 1. The van der Waals surface area contributed by atoms with E-state index < -0.39 is 11.6 Å². The number of hydrogen-bond donors (Lipinski definition) is 1. The van der Waals surface area contributed by atoms with Crippen LogP contribution in [0, 0.1) is 5.82 Å². The molecule has 1 N–H and O–H groups in total. The van der Waals surface area contributed by atoms with Crippen LogP contribution in [0.4, 0.5) is 10.3 Å². The second-order valence-electron chi connectivity index (χ2n) is 6.82.